The number of hydrogen-bond donors (Lipinski definition) is 3. The Hall–Kier alpha value is -0.890. The van der Waals surface area contributed by atoms with E-state index >= 15 is 0 Å². The van der Waals surface area contributed by atoms with Gasteiger partial charge in [0.1, 0.15) is 11.9 Å². The van der Waals surface area contributed by atoms with Crippen molar-refractivity contribution in [2.24, 2.45) is 45.7 Å². The van der Waals surface area contributed by atoms with Gasteiger partial charge in [-0.1, -0.05) is 33.8 Å². The maximum Gasteiger partial charge on any atom is 0.316 e. The third kappa shape index (κ3) is 4.40. The molecular weight excluding hydrogens is 474 g/mol. The van der Waals surface area contributed by atoms with E-state index in [-0.39, 0.29) is 45.9 Å². The minimum atomic E-state index is -0.664. The summed E-state index contributed by atoms with van der Waals surface area (Å²) < 4.78 is 6.33. The van der Waals surface area contributed by atoms with Crippen molar-refractivity contribution in [1.82, 2.24) is 0 Å². The first-order valence-electron chi connectivity index (χ1n) is 14.0. The Kier molecular flexibility index (Phi) is 8.09. The van der Waals surface area contributed by atoms with Crippen LogP contribution in [0.25, 0.3) is 0 Å². The maximum absolute atomic E-state index is 13.5. The highest BCUT2D eigenvalue weighted by molar-refractivity contribution is 8.00. The molecule has 3 unspecified atom stereocenters. The molecule has 7 heteroatoms. The monoisotopic (exact) mass is 521 g/mol. The van der Waals surface area contributed by atoms with Gasteiger partial charge in [-0.05, 0) is 74.7 Å². The number of carbonyl (C=O) groups excluding carboxylic acids is 2. The van der Waals surface area contributed by atoms with Gasteiger partial charge in [-0.3, -0.25) is 9.59 Å². The van der Waals surface area contributed by atoms with Crippen molar-refractivity contribution in [3.05, 3.63) is 12.7 Å². The summed E-state index contributed by atoms with van der Waals surface area (Å²) in [7, 11) is 0. The molecule has 0 amide bonds. The molecule has 36 heavy (non-hydrogen) atoms. The van der Waals surface area contributed by atoms with Gasteiger partial charge in [-0.2, -0.15) is 0 Å². The second kappa shape index (κ2) is 10.3. The van der Waals surface area contributed by atoms with E-state index < -0.39 is 29.1 Å². The third-order valence-electron chi connectivity index (χ3n) is 11.2. The minimum Gasteiger partial charge on any atom is -0.461 e. The standard InChI is InChI=1S/C29H47NO5S/c1-6-27(4)15-22(35-23(33)16-36-24-19(11-14-30)7-8-20(24)31)28(5)17(2)9-12-29(18(3)26(27)34)13-10-21(32)25(28)29/h6,17-20,22,24-26,31,34H,1,7-16,30H2,2-5H3/t17?,18-,19-,20-,22+,24-,25-,26?,27+,28-,29?/m0/s1. The summed E-state index contributed by atoms with van der Waals surface area (Å²) >= 11 is 1.48. The summed E-state index contributed by atoms with van der Waals surface area (Å²) in [5, 5.41) is 22.1. The van der Waals surface area contributed by atoms with Crippen molar-refractivity contribution in [2.75, 3.05) is 12.3 Å². The predicted octanol–water partition coefficient (Wildman–Crippen LogP) is 4.11. The third-order valence-corrected chi connectivity index (χ3v) is 12.7. The molecule has 0 aliphatic heterocycles. The molecule has 4 N–H and O–H groups in total. The summed E-state index contributed by atoms with van der Waals surface area (Å²) in [5.41, 5.74) is 4.37. The number of nitrogens with two attached hydrogens (primary N) is 1. The van der Waals surface area contributed by atoms with Crippen LogP contribution in [0.1, 0.15) is 79.1 Å². The number of thioether (sulfide) groups is 1. The molecule has 6 nitrogen and oxygen atoms in total. The number of Topliss-reactive ketones (excluding diaryl/α,β-unsaturated/α-hetero) is 1. The fraction of sp³-hybridized carbons (Fsp3) is 0.862. The Morgan fingerprint density at radius 2 is 1.94 bits per heavy atom. The fourth-order valence-corrected chi connectivity index (χ4v) is 9.95. The Morgan fingerprint density at radius 1 is 1.22 bits per heavy atom. The lowest BCUT2D eigenvalue weighted by Gasteiger charge is -2.61. The lowest BCUT2D eigenvalue weighted by atomic mass is 9.44. The van der Waals surface area contributed by atoms with Crippen LogP contribution in [0, 0.1) is 39.9 Å². The topological polar surface area (TPSA) is 110 Å². The average molecular weight is 522 g/mol. The number of ketones is 1. The molecule has 4 fully saturated rings. The first kappa shape index (κ1) is 28.1. The number of aliphatic hydroxyl groups is 2. The second-order valence-electron chi connectivity index (χ2n) is 12.8. The highest BCUT2D eigenvalue weighted by atomic mass is 32.2. The molecule has 2 bridgehead atoms. The zero-order valence-electron chi connectivity index (χ0n) is 22.6. The van der Waals surface area contributed by atoms with Crippen LogP contribution in [0.3, 0.4) is 0 Å². The maximum atomic E-state index is 13.5. The van der Waals surface area contributed by atoms with Crippen LogP contribution in [0.5, 0.6) is 0 Å². The molecule has 4 aliphatic carbocycles. The van der Waals surface area contributed by atoms with Gasteiger partial charge < -0.3 is 20.7 Å². The summed E-state index contributed by atoms with van der Waals surface area (Å²) in [5.74, 6) is 0.391. The van der Waals surface area contributed by atoms with Crippen molar-refractivity contribution in [1.29, 1.82) is 0 Å². The number of esters is 1. The zero-order valence-corrected chi connectivity index (χ0v) is 23.4. The van der Waals surface area contributed by atoms with Gasteiger partial charge in [0.2, 0.25) is 0 Å². The van der Waals surface area contributed by atoms with Gasteiger partial charge in [-0.15, -0.1) is 18.3 Å². The molecule has 4 saturated carbocycles. The number of carbonyl (C=O) groups is 2. The van der Waals surface area contributed by atoms with E-state index in [0.717, 1.165) is 38.5 Å². The van der Waals surface area contributed by atoms with E-state index in [1.54, 1.807) is 0 Å². The molecule has 0 aromatic rings. The molecule has 0 spiro atoms. The van der Waals surface area contributed by atoms with E-state index in [0.29, 0.717) is 25.3 Å². The lowest BCUT2D eigenvalue weighted by Crippen LogP contribution is -2.63. The highest BCUT2D eigenvalue weighted by Crippen LogP contribution is 2.68. The van der Waals surface area contributed by atoms with Gasteiger partial charge in [-0.25, -0.2) is 0 Å². The van der Waals surface area contributed by atoms with Gasteiger partial charge in [0.15, 0.2) is 0 Å². The van der Waals surface area contributed by atoms with Crippen LogP contribution in [0.15, 0.2) is 12.7 Å². The van der Waals surface area contributed by atoms with Gasteiger partial charge in [0.25, 0.3) is 0 Å². The van der Waals surface area contributed by atoms with Crippen molar-refractivity contribution < 1.29 is 24.5 Å². The Morgan fingerprint density at radius 3 is 2.61 bits per heavy atom. The smallest absolute Gasteiger partial charge is 0.316 e. The first-order valence-corrected chi connectivity index (χ1v) is 15.0. The zero-order chi connectivity index (χ0) is 26.5. The van der Waals surface area contributed by atoms with Crippen molar-refractivity contribution in [2.45, 2.75) is 103 Å². The van der Waals surface area contributed by atoms with Crippen LogP contribution < -0.4 is 5.73 Å². The summed E-state index contributed by atoms with van der Waals surface area (Å²) in [6.07, 6.45) is 6.43. The molecule has 0 aromatic carbocycles. The van der Waals surface area contributed by atoms with E-state index in [4.69, 9.17) is 10.5 Å². The van der Waals surface area contributed by atoms with E-state index in [1.807, 2.05) is 13.0 Å². The van der Waals surface area contributed by atoms with Gasteiger partial charge >= 0.3 is 5.97 Å². The average Bonchev–Trinajstić information content (AvgIpc) is 3.38. The van der Waals surface area contributed by atoms with Crippen LogP contribution in [-0.4, -0.2) is 57.8 Å². The van der Waals surface area contributed by atoms with Crippen LogP contribution in [0.4, 0.5) is 0 Å². The highest BCUT2D eigenvalue weighted by Gasteiger charge is 2.68. The first-order chi connectivity index (χ1) is 16.9. The van der Waals surface area contributed by atoms with Crippen LogP contribution >= 0.6 is 11.8 Å². The molecule has 0 radical (unpaired) electrons. The Bertz CT molecular complexity index is 865. The Labute approximate surface area is 221 Å². The van der Waals surface area contributed by atoms with Crippen molar-refractivity contribution in [3.8, 4) is 0 Å². The second-order valence-corrected chi connectivity index (χ2v) is 14.0. The van der Waals surface area contributed by atoms with E-state index in [9.17, 15) is 19.8 Å². The lowest BCUT2D eigenvalue weighted by molar-refractivity contribution is -0.205. The van der Waals surface area contributed by atoms with E-state index in [1.165, 1.54) is 11.8 Å². The summed E-state index contributed by atoms with van der Waals surface area (Å²) in [6, 6.07) is 0. The van der Waals surface area contributed by atoms with E-state index in [2.05, 4.69) is 27.4 Å². The quantitative estimate of drug-likeness (QED) is 0.342. The molecule has 0 saturated heterocycles. The molecule has 204 valence electrons. The van der Waals surface area contributed by atoms with Crippen molar-refractivity contribution in [3.63, 3.8) is 0 Å². The van der Waals surface area contributed by atoms with Crippen molar-refractivity contribution >= 4 is 23.5 Å². The molecule has 0 aromatic heterocycles. The van der Waals surface area contributed by atoms with Gasteiger partial charge in [0.05, 0.1) is 18.0 Å². The minimum absolute atomic E-state index is 0.00667. The molecule has 0 heterocycles. The summed E-state index contributed by atoms with van der Waals surface area (Å²) in [6.45, 7) is 13.1. The molecule has 4 aliphatic rings. The number of rotatable bonds is 7. The van der Waals surface area contributed by atoms with Crippen LogP contribution in [-0.2, 0) is 14.3 Å². The molecule has 4 rings (SSSR count). The fourth-order valence-electron chi connectivity index (χ4n) is 8.66. The number of aliphatic hydroxyl groups excluding tert-OH is 2. The largest absolute Gasteiger partial charge is 0.461 e. The summed E-state index contributed by atoms with van der Waals surface area (Å²) in [4.78, 5) is 26.8. The predicted molar refractivity (Wildman–Crippen MR) is 143 cm³/mol. The molecule has 11 atom stereocenters. The number of hydrogen-bond acceptors (Lipinski definition) is 7. The normalized spacial score (nSPS) is 48.7. The number of ether oxygens (including phenoxy) is 1. The Balaban J connectivity index is 1.62. The van der Waals surface area contributed by atoms with Gasteiger partial charge in [0, 0.05) is 28.4 Å². The SMILES string of the molecule is C=C[C@]1(C)C[C@@H](OC(=O)CS[C@H]2[C@H](CCN)CC[C@@H]2O)[C@]2(C)C(C)CCC3(CCC(=O)[C@H]32)[C@@H](C)C1O. The van der Waals surface area contributed by atoms with Crippen LogP contribution in [0.2, 0.25) is 0 Å². The molecular formula is C29H47NO5S.